The predicted octanol–water partition coefficient (Wildman–Crippen LogP) is 4.66. The molecule has 0 radical (unpaired) electrons. The Bertz CT molecular complexity index is 972. The quantitative estimate of drug-likeness (QED) is 0.562. The van der Waals surface area contributed by atoms with Gasteiger partial charge in [0.1, 0.15) is 5.75 Å². The molecule has 0 unspecified atom stereocenters. The van der Waals surface area contributed by atoms with E-state index in [0.717, 1.165) is 47.9 Å². The first kappa shape index (κ1) is 23.8. The van der Waals surface area contributed by atoms with Crippen molar-refractivity contribution in [1.29, 1.82) is 0 Å². The fourth-order valence-electron chi connectivity index (χ4n) is 3.93. The van der Waals surface area contributed by atoms with Gasteiger partial charge >= 0.3 is 0 Å². The Hall–Kier alpha value is -1.90. The van der Waals surface area contributed by atoms with Gasteiger partial charge in [-0.15, -0.1) is 0 Å². The van der Waals surface area contributed by atoms with Gasteiger partial charge in [-0.3, -0.25) is 4.79 Å². The van der Waals surface area contributed by atoms with Crippen molar-refractivity contribution >= 4 is 31.9 Å². The summed E-state index contributed by atoms with van der Waals surface area (Å²) in [6.45, 7) is 1.69. The van der Waals surface area contributed by atoms with Crippen molar-refractivity contribution in [1.82, 2.24) is 9.62 Å². The lowest BCUT2D eigenvalue weighted by atomic mass is 9.95. The Labute approximate surface area is 193 Å². The number of benzene rings is 2. The number of halogens is 1. The summed E-state index contributed by atoms with van der Waals surface area (Å²) in [7, 11) is -2.18. The molecular weight excluding hydrogens is 480 g/mol. The number of carbonyl (C=O) groups is 1. The second-order valence-electron chi connectivity index (χ2n) is 7.86. The SMILES string of the molecule is COc1ccc([C@@H](C)NC(=O)CN(C2CCCCC2)S(=O)(=O)c2ccc(Br)cc2)cc1. The molecule has 0 bridgehead atoms. The summed E-state index contributed by atoms with van der Waals surface area (Å²) in [5, 5.41) is 2.94. The molecule has 0 aliphatic heterocycles. The highest BCUT2D eigenvalue weighted by Gasteiger charge is 2.34. The van der Waals surface area contributed by atoms with E-state index < -0.39 is 10.0 Å². The molecule has 1 aliphatic rings. The lowest BCUT2D eigenvalue weighted by Gasteiger charge is -2.33. The first-order chi connectivity index (χ1) is 14.8. The third kappa shape index (κ3) is 6.08. The molecule has 1 aliphatic carbocycles. The van der Waals surface area contributed by atoms with E-state index in [4.69, 9.17) is 4.74 Å². The Balaban J connectivity index is 1.77. The second kappa shape index (κ2) is 10.6. The molecule has 168 valence electrons. The highest BCUT2D eigenvalue weighted by atomic mass is 79.9. The maximum atomic E-state index is 13.4. The van der Waals surface area contributed by atoms with Crippen LogP contribution in [-0.4, -0.2) is 38.3 Å². The fourth-order valence-corrected chi connectivity index (χ4v) is 5.83. The van der Waals surface area contributed by atoms with Crippen molar-refractivity contribution < 1.29 is 17.9 Å². The molecule has 1 fully saturated rings. The summed E-state index contributed by atoms with van der Waals surface area (Å²) in [6.07, 6.45) is 4.60. The monoisotopic (exact) mass is 508 g/mol. The normalized spacial score (nSPS) is 16.1. The maximum absolute atomic E-state index is 13.4. The molecule has 1 N–H and O–H groups in total. The van der Waals surface area contributed by atoms with Gasteiger partial charge < -0.3 is 10.1 Å². The van der Waals surface area contributed by atoms with E-state index in [1.54, 1.807) is 31.4 Å². The Morgan fingerprint density at radius 1 is 1.10 bits per heavy atom. The molecule has 1 saturated carbocycles. The molecule has 2 aromatic rings. The van der Waals surface area contributed by atoms with Crippen molar-refractivity contribution in [3.8, 4) is 5.75 Å². The van der Waals surface area contributed by atoms with E-state index in [1.165, 1.54) is 4.31 Å². The van der Waals surface area contributed by atoms with Gasteiger partial charge in [0.15, 0.2) is 0 Å². The van der Waals surface area contributed by atoms with Gasteiger partial charge in [0, 0.05) is 10.5 Å². The van der Waals surface area contributed by atoms with Crippen LogP contribution in [0.3, 0.4) is 0 Å². The maximum Gasteiger partial charge on any atom is 0.243 e. The number of rotatable bonds is 8. The minimum absolute atomic E-state index is 0.163. The van der Waals surface area contributed by atoms with Crippen molar-refractivity contribution in [2.24, 2.45) is 0 Å². The number of amides is 1. The molecular formula is C23H29BrN2O4S. The first-order valence-electron chi connectivity index (χ1n) is 10.5. The van der Waals surface area contributed by atoms with Crippen LogP contribution in [0.4, 0.5) is 0 Å². The van der Waals surface area contributed by atoms with E-state index in [2.05, 4.69) is 21.2 Å². The predicted molar refractivity (Wildman–Crippen MR) is 124 cm³/mol. The lowest BCUT2D eigenvalue weighted by molar-refractivity contribution is -0.122. The van der Waals surface area contributed by atoms with E-state index in [0.29, 0.717) is 0 Å². The summed E-state index contributed by atoms with van der Waals surface area (Å²) in [5.74, 6) is 0.431. The zero-order valence-electron chi connectivity index (χ0n) is 17.9. The lowest BCUT2D eigenvalue weighted by Crippen LogP contribution is -2.47. The van der Waals surface area contributed by atoms with Crippen LogP contribution in [0.2, 0.25) is 0 Å². The number of nitrogens with one attached hydrogen (secondary N) is 1. The van der Waals surface area contributed by atoms with Crippen LogP contribution in [0.25, 0.3) is 0 Å². The number of methoxy groups -OCH3 is 1. The molecule has 3 rings (SSSR count). The zero-order chi connectivity index (χ0) is 22.4. The van der Waals surface area contributed by atoms with Gasteiger partial charge in [0.2, 0.25) is 15.9 Å². The highest BCUT2D eigenvalue weighted by Crippen LogP contribution is 2.28. The zero-order valence-corrected chi connectivity index (χ0v) is 20.3. The van der Waals surface area contributed by atoms with Gasteiger partial charge in [-0.2, -0.15) is 4.31 Å². The van der Waals surface area contributed by atoms with Gasteiger partial charge in [-0.25, -0.2) is 8.42 Å². The van der Waals surface area contributed by atoms with Crippen molar-refractivity contribution in [2.45, 2.75) is 56.0 Å². The van der Waals surface area contributed by atoms with E-state index in [-0.39, 0.29) is 29.4 Å². The summed E-state index contributed by atoms with van der Waals surface area (Å²) in [4.78, 5) is 13.1. The van der Waals surface area contributed by atoms with Crippen LogP contribution < -0.4 is 10.1 Å². The number of ether oxygens (including phenoxy) is 1. The Kier molecular flexibility index (Phi) is 8.13. The third-order valence-corrected chi connectivity index (χ3v) is 8.14. The summed E-state index contributed by atoms with van der Waals surface area (Å²) < 4.78 is 34.2. The van der Waals surface area contributed by atoms with Crippen molar-refractivity contribution in [2.75, 3.05) is 13.7 Å². The molecule has 1 atom stereocenters. The van der Waals surface area contributed by atoms with E-state index in [9.17, 15) is 13.2 Å². The molecule has 6 nitrogen and oxygen atoms in total. The van der Waals surface area contributed by atoms with Gasteiger partial charge in [-0.05, 0) is 61.7 Å². The molecule has 8 heteroatoms. The number of carbonyl (C=O) groups excluding carboxylic acids is 1. The third-order valence-electron chi connectivity index (χ3n) is 5.69. The van der Waals surface area contributed by atoms with Crippen molar-refractivity contribution in [3.05, 3.63) is 58.6 Å². The summed E-state index contributed by atoms with van der Waals surface area (Å²) in [6, 6.07) is 13.6. The highest BCUT2D eigenvalue weighted by molar-refractivity contribution is 9.10. The minimum atomic E-state index is -3.79. The first-order valence-corrected chi connectivity index (χ1v) is 12.8. The smallest absolute Gasteiger partial charge is 0.243 e. The Morgan fingerprint density at radius 2 is 1.71 bits per heavy atom. The average Bonchev–Trinajstić information content (AvgIpc) is 2.78. The molecule has 0 aromatic heterocycles. The van der Waals surface area contributed by atoms with Gasteiger partial charge in [0.25, 0.3) is 0 Å². The fraction of sp³-hybridized carbons (Fsp3) is 0.435. The van der Waals surface area contributed by atoms with Crippen LogP contribution in [0.1, 0.15) is 50.6 Å². The Morgan fingerprint density at radius 3 is 2.29 bits per heavy atom. The topological polar surface area (TPSA) is 75.7 Å². The number of hydrogen-bond donors (Lipinski definition) is 1. The number of sulfonamides is 1. The van der Waals surface area contributed by atoms with Crippen LogP contribution in [-0.2, 0) is 14.8 Å². The second-order valence-corrected chi connectivity index (χ2v) is 10.7. The van der Waals surface area contributed by atoms with E-state index in [1.807, 2.05) is 31.2 Å². The van der Waals surface area contributed by atoms with Crippen LogP contribution in [0, 0.1) is 0 Å². The molecule has 31 heavy (non-hydrogen) atoms. The van der Waals surface area contributed by atoms with Gasteiger partial charge in [-0.1, -0.05) is 47.3 Å². The van der Waals surface area contributed by atoms with Crippen LogP contribution in [0.15, 0.2) is 57.9 Å². The minimum Gasteiger partial charge on any atom is -0.497 e. The number of nitrogens with zero attached hydrogens (tertiary/aromatic N) is 1. The van der Waals surface area contributed by atoms with Gasteiger partial charge in [0.05, 0.1) is 24.6 Å². The summed E-state index contributed by atoms with van der Waals surface area (Å²) in [5.41, 5.74) is 0.925. The summed E-state index contributed by atoms with van der Waals surface area (Å²) >= 11 is 3.34. The molecule has 0 spiro atoms. The molecule has 0 saturated heterocycles. The van der Waals surface area contributed by atoms with Crippen LogP contribution >= 0.6 is 15.9 Å². The molecule has 0 heterocycles. The number of hydrogen-bond acceptors (Lipinski definition) is 4. The standard InChI is InChI=1S/C23H29BrN2O4S/c1-17(18-8-12-21(30-2)13-9-18)25-23(27)16-26(20-6-4-3-5-7-20)31(28,29)22-14-10-19(24)11-15-22/h8-15,17,20H,3-7,16H2,1-2H3,(H,25,27)/t17-/m1/s1. The molecule has 2 aromatic carbocycles. The largest absolute Gasteiger partial charge is 0.497 e. The van der Waals surface area contributed by atoms with Crippen molar-refractivity contribution in [3.63, 3.8) is 0 Å². The average molecular weight is 509 g/mol. The van der Waals surface area contributed by atoms with E-state index >= 15 is 0 Å². The molecule has 1 amide bonds. The van der Waals surface area contributed by atoms with Crippen LogP contribution in [0.5, 0.6) is 5.75 Å².